The lowest BCUT2D eigenvalue weighted by molar-refractivity contribution is -0.0204. The first-order valence-electron chi connectivity index (χ1n) is 7.05. The standard InChI is InChI=1S/C15H33BS/c1-11-13(3,4)15(7,8)14(5,6)12(2)17-16(9)10/h12H,11H2,1-10H3. The second-order valence-corrected chi connectivity index (χ2v) is 9.33. The molecule has 0 aromatic heterocycles. The van der Waals surface area contributed by atoms with Crippen molar-refractivity contribution in [2.75, 3.05) is 0 Å². The molecule has 0 saturated heterocycles. The molecule has 102 valence electrons. The molecule has 0 aliphatic carbocycles. The average Bonchev–Trinajstić information content (AvgIpc) is 2.15. The van der Waals surface area contributed by atoms with Crippen LogP contribution in [0.15, 0.2) is 0 Å². The molecule has 0 saturated carbocycles. The van der Waals surface area contributed by atoms with E-state index in [1.54, 1.807) is 0 Å². The van der Waals surface area contributed by atoms with Gasteiger partial charge in [-0.3, -0.25) is 0 Å². The molecule has 0 radical (unpaired) electrons. The van der Waals surface area contributed by atoms with Crippen LogP contribution in [-0.2, 0) is 0 Å². The van der Waals surface area contributed by atoms with Crippen LogP contribution in [0.25, 0.3) is 0 Å². The van der Waals surface area contributed by atoms with Crippen LogP contribution in [-0.4, -0.2) is 11.2 Å². The lowest BCUT2D eigenvalue weighted by Crippen LogP contribution is -2.49. The van der Waals surface area contributed by atoms with E-state index in [4.69, 9.17) is 0 Å². The normalized spacial score (nSPS) is 15.9. The van der Waals surface area contributed by atoms with E-state index in [0.717, 1.165) is 0 Å². The fraction of sp³-hybridized carbons (Fsp3) is 1.00. The summed E-state index contributed by atoms with van der Waals surface area (Å²) in [5, 5.41) is 0.684. The van der Waals surface area contributed by atoms with Gasteiger partial charge in [-0.05, 0) is 21.5 Å². The molecule has 0 aromatic carbocycles. The summed E-state index contributed by atoms with van der Waals surface area (Å²) < 4.78 is 0. The monoisotopic (exact) mass is 256 g/mol. The number of hydrogen-bond donors (Lipinski definition) is 0. The molecule has 0 fully saturated rings. The summed E-state index contributed by atoms with van der Waals surface area (Å²) in [6.45, 7) is 24.0. The van der Waals surface area contributed by atoms with Gasteiger partial charge in [0.05, 0.1) is 0 Å². The van der Waals surface area contributed by atoms with Gasteiger partial charge in [0, 0.05) is 0 Å². The van der Waals surface area contributed by atoms with Crippen LogP contribution in [0.4, 0.5) is 0 Å². The molecule has 0 bridgehead atoms. The van der Waals surface area contributed by atoms with Crippen LogP contribution in [0, 0.1) is 16.2 Å². The van der Waals surface area contributed by atoms with Crippen LogP contribution in [0.3, 0.4) is 0 Å². The smallest absolute Gasteiger partial charge is 0.203 e. The van der Waals surface area contributed by atoms with Gasteiger partial charge in [-0.2, -0.15) is 0 Å². The van der Waals surface area contributed by atoms with Crippen molar-refractivity contribution in [3.05, 3.63) is 0 Å². The van der Waals surface area contributed by atoms with E-state index in [0.29, 0.717) is 27.5 Å². The molecule has 0 amide bonds. The molecule has 0 aliphatic rings. The van der Waals surface area contributed by atoms with Gasteiger partial charge in [0.2, 0.25) is 5.99 Å². The van der Waals surface area contributed by atoms with Crippen LogP contribution in [0.5, 0.6) is 0 Å². The van der Waals surface area contributed by atoms with E-state index in [1.807, 2.05) is 0 Å². The van der Waals surface area contributed by atoms with Crippen molar-refractivity contribution in [1.29, 1.82) is 0 Å². The lowest BCUT2D eigenvalue weighted by atomic mass is 9.53. The first-order chi connectivity index (χ1) is 7.40. The topological polar surface area (TPSA) is 0 Å². The fourth-order valence-electron chi connectivity index (χ4n) is 2.40. The van der Waals surface area contributed by atoms with Gasteiger partial charge in [-0.25, -0.2) is 11.6 Å². The van der Waals surface area contributed by atoms with Crippen LogP contribution < -0.4 is 0 Å². The molecular weight excluding hydrogens is 223 g/mol. The highest BCUT2D eigenvalue weighted by Crippen LogP contribution is 2.56. The minimum Gasteiger partial charge on any atom is -0.207 e. The first kappa shape index (κ1) is 17.4. The third kappa shape index (κ3) is 3.46. The van der Waals surface area contributed by atoms with E-state index in [-0.39, 0.29) is 0 Å². The third-order valence-electron chi connectivity index (χ3n) is 5.68. The molecule has 0 aliphatic heterocycles. The summed E-state index contributed by atoms with van der Waals surface area (Å²) in [7, 11) is 0. The van der Waals surface area contributed by atoms with Crippen molar-refractivity contribution in [2.45, 2.75) is 80.7 Å². The van der Waals surface area contributed by atoms with Crippen molar-refractivity contribution in [2.24, 2.45) is 16.2 Å². The molecule has 0 rings (SSSR count). The van der Waals surface area contributed by atoms with Gasteiger partial charge in [0.15, 0.2) is 0 Å². The Morgan fingerprint density at radius 1 is 1.00 bits per heavy atom. The Morgan fingerprint density at radius 2 is 1.41 bits per heavy atom. The van der Waals surface area contributed by atoms with E-state index in [9.17, 15) is 0 Å². The zero-order valence-corrected chi connectivity index (χ0v) is 14.6. The van der Waals surface area contributed by atoms with Gasteiger partial charge < -0.3 is 0 Å². The Bertz CT molecular complexity index is 241. The predicted octanol–water partition coefficient (Wildman–Crippen LogP) is 5.85. The SMILES string of the molecule is CCC(C)(C)C(C)(C)C(C)(C)C(C)SB(C)C. The highest BCUT2D eigenvalue weighted by molar-refractivity contribution is 8.25. The van der Waals surface area contributed by atoms with Crippen molar-refractivity contribution < 1.29 is 0 Å². The Balaban J connectivity index is 5.15. The summed E-state index contributed by atoms with van der Waals surface area (Å²) in [6, 6.07) is 0. The molecule has 1 atom stereocenters. The fourth-order valence-corrected chi connectivity index (χ4v) is 3.85. The van der Waals surface area contributed by atoms with E-state index in [1.165, 1.54) is 6.42 Å². The predicted molar refractivity (Wildman–Crippen MR) is 86.2 cm³/mol. The summed E-state index contributed by atoms with van der Waals surface area (Å²) in [4.78, 5) is 0. The van der Waals surface area contributed by atoms with Crippen LogP contribution in [0.1, 0.15) is 61.8 Å². The zero-order chi connectivity index (χ0) is 14.1. The van der Waals surface area contributed by atoms with E-state index >= 15 is 0 Å². The quantitative estimate of drug-likeness (QED) is 0.537. The highest BCUT2D eigenvalue weighted by atomic mass is 32.2. The van der Waals surface area contributed by atoms with Crippen LogP contribution in [0.2, 0.25) is 13.6 Å². The summed E-state index contributed by atoms with van der Waals surface area (Å²) >= 11 is 2.11. The molecule has 0 nitrogen and oxygen atoms in total. The highest BCUT2D eigenvalue weighted by Gasteiger charge is 2.49. The van der Waals surface area contributed by atoms with E-state index < -0.39 is 0 Å². The zero-order valence-electron chi connectivity index (χ0n) is 13.8. The Morgan fingerprint density at radius 3 is 1.71 bits per heavy atom. The van der Waals surface area contributed by atoms with Crippen molar-refractivity contribution in [3.63, 3.8) is 0 Å². The first-order valence-corrected chi connectivity index (χ1v) is 8.00. The van der Waals surface area contributed by atoms with Gasteiger partial charge in [0.1, 0.15) is 0 Å². The summed E-state index contributed by atoms with van der Waals surface area (Å²) in [5.41, 5.74) is 1.04. The summed E-state index contributed by atoms with van der Waals surface area (Å²) in [6.07, 6.45) is 1.24. The second-order valence-electron chi connectivity index (χ2n) is 7.41. The number of rotatable bonds is 6. The minimum atomic E-state index is 0.329. The maximum absolute atomic E-state index is 2.45. The summed E-state index contributed by atoms with van der Waals surface area (Å²) in [5.74, 6) is 0.713. The van der Waals surface area contributed by atoms with Crippen molar-refractivity contribution in [3.8, 4) is 0 Å². The van der Waals surface area contributed by atoms with Gasteiger partial charge >= 0.3 is 0 Å². The van der Waals surface area contributed by atoms with Gasteiger partial charge in [-0.15, -0.1) is 0 Å². The molecule has 0 spiro atoms. The molecule has 1 unspecified atom stereocenters. The maximum Gasteiger partial charge on any atom is 0.203 e. The molecule has 2 heteroatoms. The van der Waals surface area contributed by atoms with Crippen LogP contribution >= 0.6 is 11.6 Å². The molecular formula is C15H33BS. The Labute approximate surface area is 115 Å². The lowest BCUT2D eigenvalue weighted by Gasteiger charge is -2.55. The van der Waals surface area contributed by atoms with E-state index in [2.05, 4.69) is 80.6 Å². The minimum absolute atomic E-state index is 0.329. The Hall–Kier alpha value is 0.415. The Kier molecular flexibility index (Phi) is 5.73. The molecule has 0 N–H and O–H groups in total. The third-order valence-corrected chi connectivity index (χ3v) is 7.22. The second kappa shape index (κ2) is 5.59. The van der Waals surface area contributed by atoms with Gasteiger partial charge in [-0.1, -0.05) is 75.5 Å². The largest absolute Gasteiger partial charge is 0.207 e. The number of hydrogen-bond acceptors (Lipinski definition) is 1. The molecule has 17 heavy (non-hydrogen) atoms. The molecule has 0 heterocycles. The average molecular weight is 256 g/mol. The maximum atomic E-state index is 2.45. The molecule has 0 aromatic rings. The van der Waals surface area contributed by atoms with Crippen molar-refractivity contribution >= 4 is 17.6 Å². The van der Waals surface area contributed by atoms with Gasteiger partial charge in [0.25, 0.3) is 0 Å². The van der Waals surface area contributed by atoms with Crippen molar-refractivity contribution in [1.82, 2.24) is 0 Å².